The van der Waals surface area contributed by atoms with Crippen LogP contribution in [0.1, 0.15) is 155 Å². The van der Waals surface area contributed by atoms with Crippen molar-refractivity contribution in [2.45, 2.75) is 180 Å². The minimum Gasteiger partial charge on any atom is -0.462 e. The van der Waals surface area contributed by atoms with Crippen LogP contribution in [0, 0.1) is 11.8 Å². The third-order valence-electron chi connectivity index (χ3n) is 8.91. The van der Waals surface area contributed by atoms with E-state index in [9.17, 15) is 30.0 Å². The van der Waals surface area contributed by atoms with Crippen LogP contribution >= 0.6 is 0 Å². The molecular formula is C36H66O8. The van der Waals surface area contributed by atoms with E-state index in [0.717, 1.165) is 64.2 Å². The Kier molecular flexibility index (Phi) is 24.6. The van der Waals surface area contributed by atoms with Crippen LogP contribution in [0.15, 0.2) is 12.2 Å². The van der Waals surface area contributed by atoms with Gasteiger partial charge in [0.15, 0.2) is 6.10 Å². The highest BCUT2D eigenvalue weighted by Crippen LogP contribution is 2.37. The van der Waals surface area contributed by atoms with Crippen molar-refractivity contribution in [1.29, 1.82) is 0 Å². The monoisotopic (exact) mass is 626 g/mol. The summed E-state index contributed by atoms with van der Waals surface area (Å²) in [6, 6.07) is 0. The number of aliphatic hydroxyl groups excluding tert-OH is 4. The van der Waals surface area contributed by atoms with Crippen molar-refractivity contribution < 1.29 is 39.5 Å². The molecule has 44 heavy (non-hydrogen) atoms. The molecule has 8 heteroatoms. The van der Waals surface area contributed by atoms with E-state index in [1.54, 1.807) is 6.08 Å². The second kappa shape index (κ2) is 26.7. The fraction of sp³-hybridized carbons (Fsp3) is 0.889. The summed E-state index contributed by atoms with van der Waals surface area (Å²) in [5.74, 6) is -0.918. The first-order chi connectivity index (χ1) is 21.3. The Morgan fingerprint density at radius 2 is 1.30 bits per heavy atom. The highest BCUT2D eigenvalue weighted by atomic mass is 16.6. The van der Waals surface area contributed by atoms with E-state index in [2.05, 4.69) is 13.8 Å². The molecule has 0 bridgehead atoms. The Morgan fingerprint density at radius 1 is 0.750 bits per heavy atom. The number of aliphatic hydroxyl groups is 4. The number of rotatable bonds is 28. The second-order valence-corrected chi connectivity index (χ2v) is 12.9. The van der Waals surface area contributed by atoms with Gasteiger partial charge in [0.05, 0.1) is 24.9 Å². The van der Waals surface area contributed by atoms with Crippen molar-refractivity contribution in [3.63, 3.8) is 0 Å². The van der Waals surface area contributed by atoms with Gasteiger partial charge in [0, 0.05) is 25.2 Å². The molecule has 1 rings (SSSR count). The molecule has 0 aromatic rings. The second-order valence-electron chi connectivity index (χ2n) is 12.9. The Hall–Kier alpha value is -1.48. The van der Waals surface area contributed by atoms with E-state index in [-0.39, 0.29) is 30.8 Å². The molecule has 6 atom stereocenters. The van der Waals surface area contributed by atoms with Crippen LogP contribution in [0.3, 0.4) is 0 Å². The molecule has 8 nitrogen and oxygen atoms in total. The van der Waals surface area contributed by atoms with E-state index in [1.165, 1.54) is 44.9 Å². The fourth-order valence-electron chi connectivity index (χ4n) is 6.12. The Balaban J connectivity index is 2.15. The summed E-state index contributed by atoms with van der Waals surface area (Å²) >= 11 is 0. The summed E-state index contributed by atoms with van der Waals surface area (Å²) in [7, 11) is 0. The van der Waals surface area contributed by atoms with Crippen LogP contribution < -0.4 is 0 Å². The number of carbonyl (C=O) groups excluding carboxylic acids is 2. The summed E-state index contributed by atoms with van der Waals surface area (Å²) in [6.45, 7) is 3.84. The average Bonchev–Trinajstić information content (AvgIpc) is 3.27. The van der Waals surface area contributed by atoms with E-state index in [0.29, 0.717) is 25.7 Å². The van der Waals surface area contributed by atoms with Gasteiger partial charge in [0.2, 0.25) is 0 Å². The van der Waals surface area contributed by atoms with Gasteiger partial charge in [0.25, 0.3) is 0 Å². The summed E-state index contributed by atoms with van der Waals surface area (Å²) < 4.78 is 10.5. The molecule has 0 unspecified atom stereocenters. The maximum atomic E-state index is 12.2. The molecule has 0 aliphatic heterocycles. The van der Waals surface area contributed by atoms with Gasteiger partial charge >= 0.3 is 11.9 Å². The van der Waals surface area contributed by atoms with Gasteiger partial charge < -0.3 is 29.9 Å². The standard InChI is InChI=1S/C36H66O8/c1-3-5-7-8-9-10-11-12-13-18-22-35(41)43-28-30(27-37)44-36(42)23-19-15-14-17-21-31-32(34(40)26-33(31)39)25-24-29(38)20-16-6-4-2/h24-25,29-34,37-40H,3-23,26-28H2,1-2H3/b25-24+/t29-,30-,31+,32+,33-,34+/m0/s1. The lowest BCUT2D eigenvalue weighted by atomic mass is 9.88. The molecular weight excluding hydrogens is 560 g/mol. The topological polar surface area (TPSA) is 134 Å². The minimum atomic E-state index is -0.843. The first-order valence-corrected chi connectivity index (χ1v) is 18.0. The van der Waals surface area contributed by atoms with Gasteiger partial charge in [0.1, 0.15) is 6.61 Å². The zero-order chi connectivity index (χ0) is 32.4. The quantitative estimate of drug-likeness (QED) is 0.0417. The lowest BCUT2D eigenvalue weighted by Crippen LogP contribution is -2.28. The van der Waals surface area contributed by atoms with E-state index in [4.69, 9.17) is 9.47 Å². The van der Waals surface area contributed by atoms with Crippen LogP contribution in [0.5, 0.6) is 0 Å². The van der Waals surface area contributed by atoms with Gasteiger partial charge in [-0.25, -0.2) is 0 Å². The third kappa shape index (κ3) is 19.8. The summed E-state index contributed by atoms with van der Waals surface area (Å²) in [6.07, 6.45) is 22.0. The summed E-state index contributed by atoms with van der Waals surface area (Å²) in [5.41, 5.74) is 0. The Labute approximate surface area is 268 Å². The van der Waals surface area contributed by atoms with Gasteiger partial charge in [-0.3, -0.25) is 9.59 Å². The minimum absolute atomic E-state index is 0.0350. The molecule has 0 heterocycles. The molecule has 0 spiro atoms. The van der Waals surface area contributed by atoms with Gasteiger partial charge in [-0.1, -0.05) is 122 Å². The molecule has 1 fully saturated rings. The Bertz CT molecular complexity index is 742. The largest absolute Gasteiger partial charge is 0.462 e. The molecule has 1 saturated carbocycles. The molecule has 0 amide bonds. The number of hydrogen-bond acceptors (Lipinski definition) is 8. The number of hydrogen-bond donors (Lipinski definition) is 4. The van der Waals surface area contributed by atoms with Crippen LogP contribution in [0.25, 0.3) is 0 Å². The van der Waals surface area contributed by atoms with Crippen molar-refractivity contribution in [3.05, 3.63) is 12.2 Å². The summed E-state index contributed by atoms with van der Waals surface area (Å²) in [5, 5.41) is 40.6. The van der Waals surface area contributed by atoms with Gasteiger partial charge in [-0.15, -0.1) is 0 Å². The molecule has 258 valence electrons. The maximum absolute atomic E-state index is 12.2. The molecule has 4 N–H and O–H groups in total. The van der Waals surface area contributed by atoms with E-state index in [1.807, 2.05) is 6.08 Å². The van der Waals surface area contributed by atoms with Crippen molar-refractivity contribution in [2.24, 2.45) is 11.8 Å². The van der Waals surface area contributed by atoms with E-state index < -0.39 is 37.0 Å². The zero-order valence-corrected chi connectivity index (χ0v) is 28.0. The SMILES string of the molecule is CCCCCCCCCCCCC(=O)OC[C@H](CO)OC(=O)CCCCCC[C@@H]1[C@@H](/C=C/[C@@H](O)CCCCC)[C@H](O)C[C@@H]1O. The predicted octanol–water partition coefficient (Wildman–Crippen LogP) is 6.94. The summed E-state index contributed by atoms with van der Waals surface area (Å²) in [4.78, 5) is 24.3. The molecule has 1 aliphatic rings. The van der Waals surface area contributed by atoms with Gasteiger partial charge in [-0.2, -0.15) is 0 Å². The van der Waals surface area contributed by atoms with Crippen LogP contribution in [0.4, 0.5) is 0 Å². The molecule has 1 aliphatic carbocycles. The lowest BCUT2D eigenvalue weighted by Gasteiger charge is -2.21. The third-order valence-corrected chi connectivity index (χ3v) is 8.91. The first kappa shape index (κ1) is 40.5. The smallest absolute Gasteiger partial charge is 0.306 e. The van der Waals surface area contributed by atoms with Crippen LogP contribution in [-0.4, -0.2) is 70.0 Å². The van der Waals surface area contributed by atoms with Gasteiger partial charge in [-0.05, 0) is 31.6 Å². The zero-order valence-electron chi connectivity index (χ0n) is 28.0. The lowest BCUT2D eigenvalue weighted by molar-refractivity contribution is -0.161. The highest BCUT2D eigenvalue weighted by molar-refractivity contribution is 5.70. The first-order valence-electron chi connectivity index (χ1n) is 18.0. The van der Waals surface area contributed by atoms with Crippen molar-refractivity contribution in [1.82, 2.24) is 0 Å². The predicted molar refractivity (Wildman–Crippen MR) is 175 cm³/mol. The number of carbonyl (C=O) groups is 2. The fourth-order valence-corrected chi connectivity index (χ4v) is 6.12. The Morgan fingerprint density at radius 3 is 1.91 bits per heavy atom. The van der Waals surface area contributed by atoms with Crippen molar-refractivity contribution in [2.75, 3.05) is 13.2 Å². The van der Waals surface area contributed by atoms with E-state index >= 15 is 0 Å². The molecule has 0 aromatic heterocycles. The van der Waals surface area contributed by atoms with Crippen LogP contribution in [0.2, 0.25) is 0 Å². The molecule has 0 radical (unpaired) electrons. The number of ether oxygens (including phenoxy) is 2. The molecule has 0 aromatic carbocycles. The van der Waals surface area contributed by atoms with Crippen molar-refractivity contribution >= 4 is 11.9 Å². The molecule has 0 saturated heterocycles. The number of esters is 2. The highest BCUT2D eigenvalue weighted by Gasteiger charge is 2.39. The average molecular weight is 627 g/mol. The number of unbranched alkanes of at least 4 members (excludes halogenated alkanes) is 14. The van der Waals surface area contributed by atoms with Crippen molar-refractivity contribution in [3.8, 4) is 0 Å². The van der Waals surface area contributed by atoms with Crippen LogP contribution in [-0.2, 0) is 19.1 Å². The maximum Gasteiger partial charge on any atom is 0.306 e. The normalized spacial score (nSPS) is 21.5.